The van der Waals surface area contributed by atoms with E-state index in [9.17, 15) is 4.79 Å². The number of imidazole rings is 1. The molecule has 2 aromatic carbocycles. The number of benzene rings is 2. The molecule has 170 valence electrons. The zero-order valence-corrected chi connectivity index (χ0v) is 19.3. The average molecular weight is 437 g/mol. The van der Waals surface area contributed by atoms with Gasteiger partial charge in [0.1, 0.15) is 11.4 Å². The van der Waals surface area contributed by atoms with Crippen molar-refractivity contribution in [1.82, 2.24) is 14.9 Å². The molecule has 1 fully saturated rings. The molecule has 1 unspecified atom stereocenters. The molecule has 2 heterocycles. The molecule has 0 spiro atoms. The minimum Gasteiger partial charge on any atom is -0.497 e. The average Bonchev–Trinajstić information content (AvgIpc) is 3.11. The molecule has 0 saturated carbocycles. The number of carbonyl (C=O) groups is 1. The molecule has 1 aromatic heterocycles. The molecule has 4 rings (SSSR count). The van der Waals surface area contributed by atoms with Crippen LogP contribution in [0.25, 0.3) is 11.0 Å². The van der Waals surface area contributed by atoms with E-state index in [2.05, 4.69) is 33.0 Å². The number of carbonyl (C=O) groups excluding carboxylic acids is 1. The number of para-hydroxylation sites is 2. The number of methoxy groups -OCH3 is 1. The molecule has 0 aliphatic carbocycles. The number of nitrogens with one attached hydrogen (secondary N) is 1. The quantitative estimate of drug-likeness (QED) is 0.634. The van der Waals surface area contributed by atoms with E-state index in [0.29, 0.717) is 13.1 Å². The number of nitrogens with zero attached hydrogens (tertiary/aromatic N) is 3. The Bertz CT molecular complexity index is 1070. The van der Waals surface area contributed by atoms with Crippen molar-refractivity contribution >= 4 is 23.1 Å². The van der Waals surface area contributed by atoms with Crippen LogP contribution in [0.4, 0.5) is 10.7 Å². The van der Waals surface area contributed by atoms with Crippen LogP contribution in [0.1, 0.15) is 39.2 Å². The van der Waals surface area contributed by atoms with Crippen molar-refractivity contribution in [2.24, 2.45) is 0 Å². The number of amides is 1. The summed E-state index contributed by atoms with van der Waals surface area (Å²) in [5.74, 6) is 1.77. The van der Waals surface area contributed by atoms with Crippen molar-refractivity contribution in [2.45, 2.75) is 51.8 Å². The second kappa shape index (κ2) is 9.10. The van der Waals surface area contributed by atoms with Crippen LogP contribution in [0, 0.1) is 0 Å². The minimum absolute atomic E-state index is 0.0212. The van der Waals surface area contributed by atoms with E-state index >= 15 is 0 Å². The van der Waals surface area contributed by atoms with Gasteiger partial charge >= 0.3 is 6.09 Å². The van der Waals surface area contributed by atoms with Crippen molar-refractivity contribution < 1.29 is 14.3 Å². The molecule has 0 radical (unpaired) electrons. The summed E-state index contributed by atoms with van der Waals surface area (Å²) in [7, 11) is 1.68. The summed E-state index contributed by atoms with van der Waals surface area (Å²) in [6, 6.07) is 16.4. The number of hydrogen-bond acceptors (Lipinski definition) is 5. The SMILES string of the molecule is COc1ccc(Cn2c(N3CCCC(NC(=O)OC(C)(C)C)C3)nc3ccccc32)cc1. The van der Waals surface area contributed by atoms with Crippen LogP contribution in [0.15, 0.2) is 48.5 Å². The summed E-state index contributed by atoms with van der Waals surface area (Å²) in [5, 5.41) is 3.04. The van der Waals surface area contributed by atoms with Gasteiger partial charge in [-0.2, -0.15) is 0 Å². The Balaban J connectivity index is 1.57. The number of anilines is 1. The third-order valence-corrected chi connectivity index (χ3v) is 5.56. The van der Waals surface area contributed by atoms with Crippen LogP contribution < -0.4 is 15.0 Å². The molecule has 1 N–H and O–H groups in total. The molecular formula is C25H32N4O3. The summed E-state index contributed by atoms with van der Waals surface area (Å²) in [6.45, 7) is 7.94. The van der Waals surface area contributed by atoms with Crippen LogP contribution in [-0.4, -0.2) is 47.5 Å². The van der Waals surface area contributed by atoms with Gasteiger partial charge in [-0.05, 0) is 63.4 Å². The summed E-state index contributed by atoms with van der Waals surface area (Å²) in [4.78, 5) is 19.5. The van der Waals surface area contributed by atoms with Crippen LogP contribution >= 0.6 is 0 Å². The highest BCUT2D eigenvalue weighted by atomic mass is 16.6. The number of rotatable bonds is 5. The van der Waals surface area contributed by atoms with Gasteiger partial charge in [0.2, 0.25) is 5.95 Å². The van der Waals surface area contributed by atoms with E-state index in [-0.39, 0.29) is 12.1 Å². The number of alkyl carbamates (subject to hydrolysis) is 1. The normalized spacial score (nSPS) is 16.8. The predicted octanol–water partition coefficient (Wildman–Crippen LogP) is 4.59. The van der Waals surface area contributed by atoms with Crippen molar-refractivity contribution in [2.75, 3.05) is 25.1 Å². The lowest BCUT2D eigenvalue weighted by molar-refractivity contribution is 0.0500. The molecule has 7 nitrogen and oxygen atoms in total. The first-order valence-electron chi connectivity index (χ1n) is 11.1. The highest BCUT2D eigenvalue weighted by Crippen LogP contribution is 2.27. The summed E-state index contributed by atoms with van der Waals surface area (Å²) in [6.07, 6.45) is 1.54. The van der Waals surface area contributed by atoms with Gasteiger partial charge in [-0.25, -0.2) is 9.78 Å². The Morgan fingerprint density at radius 3 is 2.62 bits per heavy atom. The third-order valence-electron chi connectivity index (χ3n) is 5.56. The lowest BCUT2D eigenvalue weighted by atomic mass is 10.1. The molecule has 7 heteroatoms. The molecule has 1 saturated heterocycles. The van der Waals surface area contributed by atoms with Crippen LogP contribution in [0.5, 0.6) is 5.75 Å². The summed E-state index contributed by atoms with van der Waals surface area (Å²) in [5.41, 5.74) is 2.74. The maximum Gasteiger partial charge on any atom is 0.407 e. The molecular weight excluding hydrogens is 404 g/mol. The smallest absolute Gasteiger partial charge is 0.407 e. The Hall–Kier alpha value is -3.22. The van der Waals surface area contributed by atoms with Gasteiger partial charge in [0.15, 0.2) is 0 Å². The first-order chi connectivity index (χ1) is 15.3. The van der Waals surface area contributed by atoms with E-state index in [1.54, 1.807) is 7.11 Å². The topological polar surface area (TPSA) is 68.6 Å². The molecule has 32 heavy (non-hydrogen) atoms. The third kappa shape index (κ3) is 5.15. The predicted molar refractivity (Wildman–Crippen MR) is 126 cm³/mol. The maximum absolute atomic E-state index is 12.3. The van der Waals surface area contributed by atoms with E-state index < -0.39 is 5.60 Å². The fraction of sp³-hybridized carbons (Fsp3) is 0.440. The number of aromatic nitrogens is 2. The van der Waals surface area contributed by atoms with Gasteiger partial charge in [0.05, 0.1) is 24.7 Å². The van der Waals surface area contributed by atoms with Gasteiger partial charge < -0.3 is 24.3 Å². The molecule has 1 aliphatic rings. The lowest BCUT2D eigenvalue weighted by Crippen LogP contribution is -2.49. The molecule has 1 aliphatic heterocycles. The number of fused-ring (bicyclic) bond motifs is 1. The highest BCUT2D eigenvalue weighted by molar-refractivity contribution is 5.79. The summed E-state index contributed by atoms with van der Waals surface area (Å²) >= 11 is 0. The van der Waals surface area contributed by atoms with Gasteiger partial charge in [-0.1, -0.05) is 24.3 Å². The largest absolute Gasteiger partial charge is 0.497 e. The van der Waals surface area contributed by atoms with Crippen molar-refractivity contribution in [3.05, 3.63) is 54.1 Å². The van der Waals surface area contributed by atoms with Gasteiger partial charge in [-0.3, -0.25) is 0 Å². The van der Waals surface area contributed by atoms with E-state index in [1.165, 1.54) is 5.56 Å². The van der Waals surface area contributed by atoms with Gasteiger partial charge in [0.25, 0.3) is 0 Å². The summed E-state index contributed by atoms with van der Waals surface area (Å²) < 4.78 is 13.0. The first-order valence-corrected chi connectivity index (χ1v) is 11.1. The van der Waals surface area contributed by atoms with Gasteiger partial charge in [0, 0.05) is 19.1 Å². The van der Waals surface area contributed by atoms with Crippen LogP contribution in [0.2, 0.25) is 0 Å². The van der Waals surface area contributed by atoms with Crippen molar-refractivity contribution in [1.29, 1.82) is 0 Å². The zero-order valence-electron chi connectivity index (χ0n) is 19.3. The second-order valence-electron chi connectivity index (χ2n) is 9.27. The molecule has 1 amide bonds. The van der Waals surface area contributed by atoms with E-state index in [0.717, 1.165) is 42.1 Å². The van der Waals surface area contributed by atoms with E-state index in [1.807, 2.05) is 51.1 Å². The lowest BCUT2D eigenvalue weighted by Gasteiger charge is -2.34. The fourth-order valence-corrected chi connectivity index (χ4v) is 4.12. The Labute approximate surface area is 189 Å². The number of ether oxygens (including phenoxy) is 2. The molecule has 0 bridgehead atoms. The molecule has 1 atom stereocenters. The Kier molecular flexibility index (Phi) is 6.26. The standard InChI is InChI=1S/C25H32N4O3/c1-25(2,3)32-24(30)26-19-8-7-15-28(17-19)23-27-21-9-5-6-10-22(21)29(23)16-18-11-13-20(31-4)14-12-18/h5-6,9-14,19H,7-8,15-17H2,1-4H3,(H,26,30). The van der Waals surface area contributed by atoms with E-state index in [4.69, 9.17) is 14.5 Å². The fourth-order valence-electron chi connectivity index (χ4n) is 4.12. The maximum atomic E-state index is 12.3. The number of piperidine rings is 1. The monoisotopic (exact) mass is 436 g/mol. The highest BCUT2D eigenvalue weighted by Gasteiger charge is 2.27. The Morgan fingerprint density at radius 1 is 1.16 bits per heavy atom. The first kappa shape index (κ1) is 22.0. The molecule has 3 aromatic rings. The zero-order chi connectivity index (χ0) is 22.7. The minimum atomic E-state index is -0.509. The Morgan fingerprint density at radius 2 is 1.91 bits per heavy atom. The van der Waals surface area contributed by atoms with Crippen molar-refractivity contribution in [3.63, 3.8) is 0 Å². The van der Waals surface area contributed by atoms with Crippen LogP contribution in [0.3, 0.4) is 0 Å². The van der Waals surface area contributed by atoms with Crippen LogP contribution in [-0.2, 0) is 11.3 Å². The second-order valence-corrected chi connectivity index (χ2v) is 9.27. The number of hydrogen-bond donors (Lipinski definition) is 1. The van der Waals surface area contributed by atoms with Crippen molar-refractivity contribution in [3.8, 4) is 5.75 Å². The van der Waals surface area contributed by atoms with Gasteiger partial charge in [-0.15, -0.1) is 0 Å².